The lowest BCUT2D eigenvalue weighted by atomic mass is 10.4. The van der Waals surface area contributed by atoms with Crippen LogP contribution in [-0.4, -0.2) is 8.74 Å². The molecular formula is C10H12F2Si. The molecule has 0 heterocycles. The molecule has 0 spiro atoms. The second-order valence-corrected chi connectivity index (χ2v) is 5.24. The van der Waals surface area contributed by atoms with Crippen molar-refractivity contribution in [3.8, 4) is 0 Å². The standard InChI is InChI=1S/C10H12F2Si/c1-2-3-9-13(11,12)10-7-5-4-6-8-10/h2-8H,9H2,1H3/b3-2+. The largest absolute Gasteiger partial charge is 0.459 e. The Hall–Kier alpha value is -0.963. The molecule has 0 atom stereocenters. The van der Waals surface area contributed by atoms with Crippen LogP contribution >= 0.6 is 0 Å². The number of halogens is 2. The van der Waals surface area contributed by atoms with E-state index in [4.69, 9.17) is 0 Å². The quantitative estimate of drug-likeness (QED) is 0.398. The summed E-state index contributed by atoms with van der Waals surface area (Å²) in [4.78, 5) is 0. The Kier molecular flexibility index (Phi) is 3.37. The zero-order valence-electron chi connectivity index (χ0n) is 7.50. The molecule has 0 saturated heterocycles. The fourth-order valence-electron chi connectivity index (χ4n) is 1.07. The van der Waals surface area contributed by atoms with Crippen LogP contribution in [0, 0.1) is 0 Å². The number of allylic oxidation sites excluding steroid dienone is 2. The third-order valence-corrected chi connectivity index (χ3v) is 3.73. The molecule has 70 valence electrons. The van der Waals surface area contributed by atoms with Gasteiger partial charge in [-0.1, -0.05) is 42.5 Å². The van der Waals surface area contributed by atoms with Gasteiger partial charge in [-0.25, -0.2) is 0 Å². The highest BCUT2D eigenvalue weighted by molar-refractivity contribution is 6.80. The first-order chi connectivity index (χ1) is 6.17. The Morgan fingerprint density at radius 1 is 1.23 bits per heavy atom. The first-order valence-corrected chi connectivity index (χ1v) is 6.17. The van der Waals surface area contributed by atoms with Crippen LogP contribution in [0.3, 0.4) is 0 Å². The molecule has 0 aliphatic carbocycles. The second kappa shape index (κ2) is 4.32. The summed E-state index contributed by atoms with van der Waals surface area (Å²) >= 11 is 0. The molecule has 1 rings (SSSR count). The van der Waals surface area contributed by atoms with Gasteiger partial charge in [0.2, 0.25) is 0 Å². The van der Waals surface area contributed by atoms with Crippen LogP contribution in [0.5, 0.6) is 0 Å². The summed E-state index contributed by atoms with van der Waals surface area (Å²) in [5.74, 6) is 0. The molecule has 0 radical (unpaired) electrons. The molecule has 0 fully saturated rings. The van der Waals surface area contributed by atoms with E-state index in [1.165, 1.54) is 12.1 Å². The van der Waals surface area contributed by atoms with Gasteiger partial charge in [0.15, 0.2) is 0 Å². The molecule has 0 aliphatic heterocycles. The summed E-state index contributed by atoms with van der Waals surface area (Å²) in [7, 11) is -4.19. The van der Waals surface area contributed by atoms with Crippen LogP contribution in [0.25, 0.3) is 0 Å². The number of hydrogen-bond acceptors (Lipinski definition) is 0. The van der Waals surface area contributed by atoms with Gasteiger partial charge in [0.05, 0.1) is 0 Å². The Morgan fingerprint density at radius 3 is 2.38 bits per heavy atom. The number of hydrogen-bond donors (Lipinski definition) is 0. The zero-order valence-corrected chi connectivity index (χ0v) is 8.50. The van der Waals surface area contributed by atoms with Crippen LogP contribution in [0.2, 0.25) is 6.04 Å². The molecule has 1 aromatic rings. The van der Waals surface area contributed by atoms with Gasteiger partial charge in [0, 0.05) is 11.2 Å². The van der Waals surface area contributed by atoms with Crippen LogP contribution < -0.4 is 5.19 Å². The predicted molar refractivity (Wildman–Crippen MR) is 53.7 cm³/mol. The Bertz CT molecular complexity index is 280. The molecule has 3 heteroatoms. The molecular weight excluding hydrogens is 186 g/mol. The molecule has 0 nitrogen and oxygen atoms in total. The molecule has 0 aromatic heterocycles. The molecule has 13 heavy (non-hydrogen) atoms. The summed E-state index contributed by atoms with van der Waals surface area (Å²) in [6.07, 6.45) is 3.21. The molecule has 1 aromatic carbocycles. The smallest absolute Gasteiger partial charge is 0.264 e. The van der Waals surface area contributed by atoms with Gasteiger partial charge in [0.1, 0.15) is 0 Å². The first kappa shape index (κ1) is 10.1. The van der Waals surface area contributed by atoms with Crippen molar-refractivity contribution < 1.29 is 8.22 Å². The molecule has 0 unspecified atom stereocenters. The average Bonchev–Trinajstić information content (AvgIpc) is 2.16. The summed E-state index contributed by atoms with van der Waals surface area (Å²) in [5.41, 5.74) is 0. The molecule has 0 bridgehead atoms. The van der Waals surface area contributed by atoms with Crippen molar-refractivity contribution in [3.05, 3.63) is 42.5 Å². The van der Waals surface area contributed by atoms with Crippen molar-refractivity contribution in [1.29, 1.82) is 0 Å². The van der Waals surface area contributed by atoms with Crippen molar-refractivity contribution in [2.75, 3.05) is 0 Å². The third-order valence-electron chi connectivity index (χ3n) is 1.81. The minimum absolute atomic E-state index is 0.0898. The lowest BCUT2D eigenvalue weighted by Gasteiger charge is -2.09. The van der Waals surface area contributed by atoms with Crippen molar-refractivity contribution in [2.45, 2.75) is 13.0 Å². The minimum Gasteiger partial charge on any atom is -0.264 e. The van der Waals surface area contributed by atoms with E-state index in [0.717, 1.165) is 0 Å². The van der Waals surface area contributed by atoms with E-state index in [2.05, 4.69) is 0 Å². The maximum atomic E-state index is 13.4. The maximum absolute atomic E-state index is 13.4. The van der Waals surface area contributed by atoms with Gasteiger partial charge >= 0.3 is 8.74 Å². The summed E-state index contributed by atoms with van der Waals surface area (Å²) in [6.45, 7) is 1.76. The summed E-state index contributed by atoms with van der Waals surface area (Å²) in [6, 6.07) is 8.00. The average molecular weight is 198 g/mol. The molecule has 0 N–H and O–H groups in total. The topological polar surface area (TPSA) is 0 Å². The Morgan fingerprint density at radius 2 is 1.85 bits per heavy atom. The third kappa shape index (κ3) is 2.77. The SMILES string of the molecule is C/C=C/C[Si](F)(F)c1ccccc1. The number of benzene rings is 1. The molecule has 0 saturated carbocycles. The van der Waals surface area contributed by atoms with Crippen molar-refractivity contribution in [1.82, 2.24) is 0 Å². The first-order valence-electron chi connectivity index (χ1n) is 4.21. The Labute approximate surface area is 78.3 Å². The van der Waals surface area contributed by atoms with Crippen LogP contribution in [0.1, 0.15) is 6.92 Å². The van der Waals surface area contributed by atoms with Gasteiger partial charge in [-0.15, -0.1) is 0 Å². The van der Waals surface area contributed by atoms with Gasteiger partial charge in [-0.2, -0.15) is 0 Å². The summed E-state index contributed by atoms with van der Waals surface area (Å²) < 4.78 is 26.9. The highest BCUT2D eigenvalue weighted by Crippen LogP contribution is 2.13. The van der Waals surface area contributed by atoms with Gasteiger partial charge < -0.3 is 0 Å². The summed E-state index contributed by atoms with van der Waals surface area (Å²) in [5, 5.41) is 0.216. The van der Waals surface area contributed by atoms with Crippen LogP contribution in [0.15, 0.2) is 42.5 Å². The predicted octanol–water partition coefficient (Wildman–Crippen LogP) is 2.85. The minimum atomic E-state index is -4.19. The van der Waals surface area contributed by atoms with Crippen molar-refractivity contribution in [3.63, 3.8) is 0 Å². The van der Waals surface area contributed by atoms with E-state index >= 15 is 0 Å². The van der Waals surface area contributed by atoms with E-state index in [1.54, 1.807) is 37.3 Å². The van der Waals surface area contributed by atoms with E-state index in [0.29, 0.717) is 0 Å². The maximum Gasteiger partial charge on any atom is 0.459 e. The Balaban J connectivity index is 2.81. The van der Waals surface area contributed by atoms with Gasteiger partial charge in [-0.05, 0) is 6.92 Å². The highest BCUT2D eigenvalue weighted by Gasteiger charge is 2.35. The lowest BCUT2D eigenvalue weighted by Crippen LogP contribution is -2.37. The van der Waals surface area contributed by atoms with E-state index < -0.39 is 8.74 Å². The van der Waals surface area contributed by atoms with E-state index in [1.807, 2.05) is 0 Å². The van der Waals surface area contributed by atoms with Crippen molar-refractivity contribution >= 4 is 13.9 Å². The van der Waals surface area contributed by atoms with Gasteiger partial charge in [-0.3, -0.25) is 8.22 Å². The fourth-order valence-corrected chi connectivity index (χ4v) is 2.51. The van der Waals surface area contributed by atoms with Crippen LogP contribution in [0.4, 0.5) is 8.22 Å². The normalized spacial score (nSPS) is 12.2. The van der Waals surface area contributed by atoms with Crippen molar-refractivity contribution in [2.24, 2.45) is 0 Å². The fraction of sp³-hybridized carbons (Fsp3) is 0.200. The highest BCUT2D eigenvalue weighted by atomic mass is 28.4. The van der Waals surface area contributed by atoms with Crippen LogP contribution in [-0.2, 0) is 0 Å². The zero-order chi connectivity index (χ0) is 9.73. The second-order valence-electron chi connectivity index (χ2n) is 2.84. The molecule has 0 aliphatic rings. The molecule has 0 amide bonds. The van der Waals surface area contributed by atoms with Gasteiger partial charge in [0.25, 0.3) is 0 Å². The monoisotopic (exact) mass is 198 g/mol. The lowest BCUT2D eigenvalue weighted by molar-refractivity contribution is 0.631. The number of rotatable bonds is 3. The van der Waals surface area contributed by atoms with E-state index in [-0.39, 0.29) is 11.2 Å². The van der Waals surface area contributed by atoms with E-state index in [9.17, 15) is 8.22 Å².